The van der Waals surface area contributed by atoms with Gasteiger partial charge in [-0.1, -0.05) is 12.5 Å². The highest BCUT2D eigenvalue weighted by Gasteiger charge is 2.76. The second-order valence-electron chi connectivity index (χ2n) is 11.9. The second-order valence-corrected chi connectivity index (χ2v) is 11.9. The molecule has 0 aromatic heterocycles. The van der Waals surface area contributed by atoms with Gasteiger partial charge in [0.15, 0.2) is 17.3 Å². The van der Waals surface area contributed by atoms with E-state index in [1.54, 1.807) is 0 Å². The van der Waals surface area contributed by atoms with E-state index in [0.717, 1.165) is 31.3 Å². The van der Waals surface area contributed by atoms with Crippen molar-refractivity contribution in [2.75, 3.05) is 46.4 Å². The lowest BCUT2D eigenvalue weighted by Gasteiger charge is -2.61. The van der Waals surface area contributed by atoms with Crippen LogP contribution in [0, 0.1) is 28.6 Å². The van der Waals surface area contributed by atoms with E-state index in [2.05, 4.69) is 21.7 Å². The first-order chi connectivity index (χ1) is 18.3. The van der Waals surface area contributed by atoms with Gasteiger partial charge in [0, 0.05) is 49.6 Å². The van der Waals surface area contributed by atoms with Crippen LogP contribution in [0.1, 0.15) is 51.4 Å². The Hall–Kier alpha value is -2.27. The van der Waals surface area contributed by atoms with Gasteiger partial charge in [0.2, 0.25) is 0 Å². The van der Waals surface area contributed by atoms with Gasteiger partial charge in [-0.15, -0.1) is 0 Å². The van der Waals surface area contributed by atoms with E-state index in [-0.39, 0.29) is 48.6 Å². The summed E-state index contributed by atoms with van der Waals surface area (Å²) < 4.78 is 0. The third kappa shape index (κ3) is 3.86. The first-order valence-electron chi connectivity index (χ1n) is 14.2. The van der Waals surface area contributed by atoms with Crippen LogP contribution in [0.25, 0.3) is 0 Å². The van der Waals surface area contributed by atoms with Gasteiger partial charge >= 0.3 is 5.97 Å². The molecule has 1 aliphatic heterocycles. The van der Waals surface area contributed by atoms with Crippen LogP contribution >= 0.6 is 0 Å². The van der Waals surface area contributed by atoms with Crippen molar-refractivity contribution in [2.45, 2.75) is 57.0 Å². The highest BCUT2D eigenvalue weighted by molar-refractivity contribution is 6.04. The molecule has 0 aromatic rings. The van der Waals surface area contributed by atoms with E-state index < -0.39 is 22.4 Å². The summed E-state index contributed by atoms with van der Waals surface area (Å²) >= 11 is 0. The number of nitrogens with one attached hydrogen (secondary N) is 2. The monoisotopic (exact) mass is 529 g/mol. The Morgan fingerprint density at radius 2 is 2.03 bits per heavy atom. The number of aliphatic carboxylic acids is 1. The number of hydrogen-bond donors (Lipinski definition) is 6. The maximum atomic E-state index is 13.5. The van der Waals surface area contributed by atoms with Gasteiger partial charge in [-0.05, 0) is 68.9 Å². The average Bonchev–Trinajstić information content (AvgIpc) is 3.25. The first kappa shape index (κ1) is 27.3. The molecule has 3 bridgehead atoms. The molecule has 2 spiro atoms. The highest BCUT2D eigenvalue weighted by Crippen LogP contribution is 2.78. The van der Waals surface area contributed by atoms with Crippen LogP contribution in [0.15, 0.2) is 28.4 Å². The maximum Gasteiger partial charge on any atom is 0.334 e. The summed E-state index contributed by atoms with van der Waals surface area (Å²) in [6, 6.07) is 0. The minimum absolute atomic E-state index is 0.0222. The summed E-state index contributed by atoms with van der Waals surface area (Å²) in [6.07, 6.45) is 9.52. The number of carbonyl (C=O) groups is 2. The SMILES string of the molecule is CNCCN=C(N)N1C=C[C@@H](CNCCO)[C@@]2(C1)[C@@H]1CC[C@H]3CCCCC(=O)[C@]4(O)C[C@@]32C(=C4C(=O)O)C1. The Kier molecular flexibility index (Phi) is 7.45. The Morgan fingerprint density at radius 3 is 2.76 bits per heavy atom. The van der Waals surface area contributed by atoms with Gasteiger partial charge in [0.05, 0.1) is 18.7 Å². The predicted octanol–water partition coefficient (Wildman–Crippen LogP) is 0.610. The van der Waals surface area contributed by atoms with Gasteiger partial charge in [-0.2, -0.15) is 0 Å². The number of guanidine groups is 1. The van der Waals surface area contributed by atoms with E-state index in [1.807, 2.05) is 18.1 Å². The molecule has 0 unspecified atom stereocenters. The highest BCUT2D eigenvalue weighted by atomic mass is 16.4. The fourth-order valence-corrected chi connectivity index (χ4v) is 9.04. The summed E-state index contributed by atoms with van der Waals surface area (Å²) in [5.41, 5.74) is 4.28. The zero-order valence-corrected chi connectivity index (χ0v) is 22.4. The molecule has 0 aromatic carbocycles. The molecule has 0 amide bonds. The molecular formula is C28H43N5O5. The molecule has 38 heavy (non-hydrogen) atoms. The van der Waals surface area contributed by atoms with E-state index in [4.69, 9.17) is 5.73 Å². The Bertz CT molecular complexity index is 1060. The van der Waals surface area contributed by atoms with E-state index in [0.29, 0.717) is 51.5 Å². The largest absolute Gasteiger partial charge is 0.478 e. The number of aliphatic imine (C=N–C) groups is 1. The lowest BCUT2D eigenvalue weighted by atomic mass is 9.45. The Labute approximate surface area is 224 Å². The number of likely N-dealkylation sites (N-methyl/N-ethyl adjacent to an activating group) is 1. The van der Waals surface area contributed by atoms with Gasteiger partial charge in [-0.25, -0.2) is 4.79 Å². The summed E-state index contributed by atoms with van der Waals surface area (Å²) in [5.74, 6) is -0.692. The summed E-state index contributed by atoms with van der Waals surface area (Å²) in [7, 11) is 1.87. The average molecular weight is 530 g/mol. The zero-order valence-electron chi connectivity index (χ0n) is 22.4. The summed E-state index contributed by atoms with van der Waals surface area (Å²) in [6.45, 7) is 2.92. The molecule has 0 radical (unpaired) electrons. The predicted molar refractivity (Wildman–Crippen MR) is 143 cm³/mol. The van der Waals surface area contributed by atoms with Crippen LogP contribution in [-0.4, -0.2) is 89.9 Å². The molecule has 210 valence electrons. The molecule has 10 heteroatoms. The number of nitrogens with zero attached hydrogens (tertiary/aromatic N) is 2. The normalized spacial score (nSPS) is 38.5. The van der Waals surface area contributed by atoms with E-state index in [9.17, 15) is 24.9 Å². The standard InChI is InChI=1S/C28H43N5O5/c1-30-9-10-32-25(29)33-12-8-20(15-31-11-13-34)27(17-33)19-7-6-18-4-2-3-5-22(35)28(38)16-26(18,27)21(14-19)23(28)24(36)37/h8,12,18-20,30-31,34,38H,2-7,9-11,13-17H2,1H3,(H2,29,32)(H,36,37)/t18-,19-,20+,26+,27-,28-/m1/s1. The smallest absolute Gasteiger partial charge is 0.334 e. The van der Waals surface area contributed by atoms with Crippen LogP contribution in [0.3, 0.4) is 0 Å². The third-order valence-corrected chi connectivity index (χ3v) is 10.4. The van der Waals surface area contributed by atoms with Crippen molar-refractivity contribution in [1.82, 2.24) is 15.5 Å². The van der Waals surface area contributed by atoms with Crippen molar-refractivity contribution in [3.05, 3.63) is 23.4 Å². The van der Waals surface area contributed by atoms with Crippen molar-refractivity contribution < 1.29 is 24.9 Å². The molecule has 10 nitrogen and oxygen atoms in total. The zero-order chi connectivity index (χ0) is 27.1. The molecule has 5 rings (SSSR count). The van der Waals surface area contributed by atoms with Crippen molar-refractivity contribution >= 4 is 17.7 Å². The topological polar surface area (TPSA) is 161 Å². The molecule has 1 heterocycles. The Morgan fingerprint density at radius 1 is 1.24 bits per heavy atom. The third-order valence-electron chi connectivity index (χ3n) is 10.4. The van der Waals surface area contributed by atoms with Crippen molar-refractivity contribution in [3.8, 4) is 0 Å². The molecule has 3 fully saturated rings. The number of hydrogen-bond acceptors (Lipinski definition) is 7. The van der Waals surface area contributed by atoms with Crippen LogP contribution in [0.5, 0.6) is 0 Å². The van der Waals surface area contributed by atoms with Crippen LogP contribution in [0.4, 0.5) is 0 Å². The molecule has 7 N–H and O–H groups in total. The number of rotatable bonds is 8. The molecule has 5 aliphatic rings. The number of allylic oxidation sites excluding steroid dienone is 1. The first-order valence-corrected chi connectivity index (χ1v) is 14.2. The number of carboxylic acids is 1. The molecule has 6 atom stereocenters. The van der Waals surface area contributed by atoms with Gasteiger partial charge in [0.1, 0.15) is 0 Å². The maximum absolute atomic E-state index is 13.5. The van der Waals surface area contributed by atoms with Gasteiger partial charge in [0.25, 0.3) is 0 Å². The van der Waals surface area contributed by atoms with Crippen molar-refractivity contribution in [1.29, 1.82) is 0 Å². The molecule has 0 saturated heterocycles. The molecule has 4 aliphatic carbocycles. The van der Waals surface area contributed by atoms with E-state index >= 15 is 0 Å². The fourth-order valence-electron chi connectivity index (χ4n) is 9.04. The summed E-state index contributed by atoms with van der Waals surface area (Å²) in [5, 5.41) is 38.4. The summed E-state index contributed by atoms with van der Waals surface area (Å²) in [4.78, 5) is 32.8. The second kappa shape index (κ2) is 10.4. The number of nitrogens with two attached hydrogens (primary N) is 1. The Balaban J connectivity index is 1.69. The van der Waals surface area contributed by atoms with Gasteiger partial charge in [-0.3, -0.25) is 9.79 Å². The number of carbonyl (C=O) groups excluding carboxylic acids is 1. The lowest BCUT2D eigenvalue weighted by Crippen LogP contribution is -2.63. The van der Waals surface area contributed by atoms with Crippen LogP contribution < -0.4 is 16.4 Å². The van der Waals surface area contributed by atoms with Crippen molar-refractivity contribution in [2.24, 2.45) is 39.3 Å². The van der Waals surface area contributed by atoms with Crippen LogP contribution in [0.2, 0.25) is 0 Å². The minimum atomic E-state index is -1.96. The number of ketones is 1. The number of fused-ring (bicyclic) bond motifs is 1. The number of Topliss-reactive ketones (excluding diaryl/α,β-unsaturated/α-hetero) is 1. The van der Waals surface area contributed by atoms with E-state index in [1.165, 1.54) is 0 Å². The number of carboxylic acid groups (broad SMARTS) is 1. The fraction of sp³-hybridized carbons (Fsp3) is 0.750. The van der Waals surface area contributed by atoms with Crippen LogP contribution in [-0.2, 0) is 9.59 Å². The molecule has 3 saturated carbocycles. The quantitative estimate of drug-likeness (QED) is 0.150. The number of aliphatic hydroxyl groups excluding tert-OH is 1. The molecular weight excluding hydrogens is 486 g/mol. The minimum Gasteiger partial charge on any atom is -0.478 e. The number of aliphatic hydroxyl groups is 2. The van der Waals surface area contributed by atoms with Crippen molar-refractivity contribution in [3.63, 3.8) is 0 Å². The lowest BCUT2D eigenvalue weighted by molar-refractivity contribution is -0.148. The van der Waals surface area contributed by atoms with Gasteiger partial charge < -0.3 is 36.6 Å².